The molecule has 2 aliphatic rings. The highest BCUT2D eigenvalue weighted by Crippen LogP contribution is 2.41. The molecule has 0 spiro atoms. The predicted octanol–water partition coefficient (Wildman–Crippen LogP) is 1.56. The molecule has 104 valence electrons. The molecule has 0 aromatic heterocycles. The molecule has 0 aromatic carbocycles. The number of likely N-dealkylation sites (tertiary alicyclic amines) is 1. The first kappa shape index (κ1) is 13.8. The van der Waals surface area contributed by atoms with E-state index in [-0.39, 0.29) is 0 Å². The molecule has 4 heteroatoms. The Morgan fingerprint density at radius 3 is 2.56 bits per heavy atom. The van der Waals surface area contributed by atoms with Crippen LogP contribution in [0.5, 0.6) is 0 Å². The number of rotatable bonds is 6. The van der Waals surface area contributed by atoms with Crippen LogP contribution in [0.1, 0.15) is 39.5 Å². The van der Waals surface area contributed by atoms with Gasteiger partial charge in [-0.2, -0.15) is 0 Å². The Labute approximate surface area is 110 Å². The van der Waals surface area contributed by atoms with E-state index in [9.17, 15) is 9.90 Å². The lowest BCUT2D eigenvalue weighted by atomic mass is 9.91. The summed E-state index contributed by atoms with van der Waals surface area (Å²) in [6.07, 6.45) is 4.51. The van der Waals surface area contributed by atoms with Crippen LogP contribution in [0, 0.1) is 11.8 Å². The minimum atomic E-state index is -0.725. The zero-order chi connectivity index (χ0) is 13.3. The molecule has 0 bridgehead atoms. The molecule has 1 saturated carbocycles. The predicted molar refractivity (Wildman–Crippen MR) is 71.6 cm³/mol. The lowest BCUT2D eigenvalue weighted by Crippen LogP contribution is -2.60. The van der Waals surface area contributed by atoms with Crippen molar-refractivity contribution in [2.24, 2.45) is 11.8 Å². The van der Waals surface area contributed by atoms with Crippen molar-refractivity contribution in [2.45, 2.75) is 51.1 Å². The molecule has 2 atom stereocenters. The van der Waals surface area contributed by atoms with Gasteiger partial charge in [0.05, 0.1) is 0 Å². The third-order valence-corrected chi connectivity index (χ3v) is 4.74. The highest BCUT2D eigenvalue weighted by molar-refractivity contribution is 5.80. The van der Waals surface area contributed by atoms with Crippen LogP contribution in [0.3, 0.4) is 0 Å². The van der Waals surface area contributed by atoms with Crippen LogP contribution in [-0.4, -0.2) is 47.7 Å². The quantitative estimate of drug-likeness (QED) is 0.755. The number of hydrogen-bond acceptors (Lipinski definition) is 3. The fourth-order valence-electron chi connectivity index (χ4n) is 3.46. The van der Waals surface area contributed by atoms with E-state index in [1.54, 1.807) is 7.05 Å². The van der Waals surface area contributed by atoms with Gasteiger partial charge in [-0.15, -0.1) is 0 Å². The normalized spacial score (nSPS) is 28.6. The van der Waals surface area contributed by atoms with E-state index in [1.807, 2.05) is 0 Å². The Bertz CT molecular complexity index is 315. The number of carboxylic acids is 1. The summed E-state index contributed by atoms with van der Waals surface area (Å²) in [6.45, 7) is 6.18. The molecular weight excluding hydrogens is 228 g/mol. The number of likely N-dealkylation sites (N-methyl/N-ethyl adjacent to an activating group) is 1. The molecule has 2 unspecified atom stereocenters. The SMILES string of the molecule is CNC(CN1CCCC1C(C)C)(C(=O)O)C1CC1. The van der Waals surface area contributed by atoms with Crippen LogP contribution in [0.25, 0.3) is 0 Å². The number of hydrogen-bond donors (Lipinski definition) is 2. The van der Waals surface area contributed by atoms with Gasteiger partial charge in [0.2, 0.25) is 0 Å². The molecule has 1 aliphatic heterocycles. The Morgan fingerprint density at radius 2 is 2.11 bits per heavy atom. The third-order valence-electron chi connectivity index (χ3n) is 4.74. The molecule has 1 aliphatic carbocycles. The standard InChI is InChI=1S/C14H26N2O2/c1-10(2)12-5-4-8-16(12)9-14(15-3,13(17)18)11-6-7-11/h10-12,15H,4-9H2,1-3H3,(H,17,18). The van der Waals surface area contributed by atoms with Gasteiger partial charge < -0.3 is 10.4 Å². The fourth-order valence-corrected chi connectivity index (χ4v) is 3.46. The van der Waals surface area contributed by atoms with Crippen LogP contribution >= 0.6 is 0 Å². The Kier molecular flexibility index (Phi) is 3.97. The van der Waals surface area contributed by atoms with E-state index in [1.165, 1.54) is 12.8 Å². The van der Waals surface area contributed by atoms with Gasteiger partial charge in [0, 0.05) is 12.6 Å². The molecule has 2 fully saturated rings. The maximum atomic E-state index is 11.7. The number of nitrogens with one attached hydrogen (secondary N) is 1. The van der Waals surface area contributed by atoms with E-state index < -0.39 is 11.5 Å². The zero-order valence-electron chi connectivity index (χ0n) is 11.8. The fraction of sp³-hybridized carbons (Fsp3) is 0.929. The summed E-state index contributed by atoms with van der Waals surface area (Å²) in [4.78, 5) is 14.1. The number of aliphatic carboxylic acids is 1. The van der Waals surface area contributed by atoms with Crippen LogP contribution in [-0.2, 0) is 4.79 Å². The van der Waals surface area contributed by atoms with Crippen LogP contribution < -0.4 is 5.32 Å². The van der Waals surface area contributed by atoms with Crippen molar-refractivity contribution in [1.82, 2.24) is 10.2 Å². The van der Waals surface area contributed by atoms with Gasteiger partial charge in [-0.05, 0) is 51.1 Å². The molecule has 4 nitrogen and oxygen atoms in total. The van der Waals surface area contributed by atoms with Crippen molar-refractivity contribution < 1.29 is 9.90 Å². The van der Waals surface area contributed by atoms with Gasteiger partial charge in [-0.1, -0.05) is 13.8 Å². The summed E-state index contributed by atoms with van der Waals surface area (Å²) in [5.41, 5.74) is -0.725. The summed E-state index contributed by atoms with van der Waals surface area (Å²) < 4.78 is 0. The Balaban J connectivity index is 2.11. The van der Waals surface area contributed by atoms with E-state index in [2.05, 4.69) is 24.1 Å². The van der Waals surface area contributed by atoms with Gasteiger partial charge in [-0.3, -0.25) is 9.69 Å². The Morgan fingerprint density at radius 1 is 1.44 bits per heavy atom. The van der Waals surface area contributed by atoms with Crippen LogP contribution in [0.15, 0.2) is 0 Å². The molecule has 0 amide bonds. The average molecular weight is 254 g/mol. The largest absolute Gasteiger partial charge is 0.480 e. The molecule has 0 aromatic rings. The monoisotopic (exact) mass is 254 g/mol. The smallest absolute Gasteiger partial charge is 0.325 e. The van der Waals surface area contributed by atoms with Gasteiger partial charge in [0.1, 0.15) is 5.54 Å². The Hall–Kier alpha value is -0.610. The molecule has 2 rings (SSSR count). The van der Waals surface area contributed by atoms with Crippen molar-refractivity contribution in [3.63, 3.8) is 0 Å². The molecule has 1 saturated heterocycles. The van der Waals surface area contributed by atoms with E-state index >= 15 is 0 Å². The average Bonchev–Trinajstić information content (AvgIpc) is 3.05. The molecule has 18 heavy (non-hydrogen) atoms. The molecular formula is C14H26N2O2. The topological polar surface area (TPSA) is 52.6 Å². The van der Waals surface area contributed by atoms with Gasteiger partial charge in [0.15, 0.2) is 0 Å². The number of carboxylic acid groups (broad SMARTS) is 1. The maximum Gasteiger partial charge on any atom is 0.325 e. The van der Waals surface area contributed by atoms with Crippen molar-refractivity contribution in [3.8, 4) is 0 Å². The zero-order valence-corrected chi connectivity index (χ0v) is 11.8. The highest BCUT2D eigenvalue weighted by atomic mass is 16.4. The second-order valence-electron chi connectivity index (χ2n) is 6.22. The molecule has 2 N–H and O–H groups in total. The number of carbonyl (C=O) groups is 1. The summed E-state index contributed by atoms with van der Waals surface area (Å²) in [5, 5.41) is 12.8. The maximum absolute atomic E-state index is 11.7. The van der Waals surface area contributed by atoms with Gasteiger partial charge in [0.25, 0.3) is 0 Å². The van der Waals surface area contributed by atoms with Crippen molar-refractivity contribution in [3.05, 3.63) is 0 Å². The van der Waals surface area contributed by atoms with E-state index in [0.29, 0.717) is 24.4 Å². The minimum Gasteiger partial charge on any atom is -0.480 e. The summed E-state index contributed by atoms with van der Waals surface area (Å²) in [5.74, 6) is 0.241. The lowest BCUT2D eigenvalue weighted by Gasteiger charge is -2.37. The van der Waals surface area contributed by atoms with Gasteiger partial charge in [-0.25, -0.2) is 0 Å². The summed E-state index contributed by atoms with van der Waals surface area (Å²) in [7, 11) is 1.80. The number of nitrogens with zero attached hydrogens (tertiary/aromatic N) is 1. The van der Waals surface area contributed by atoms with Crippen LogP contribution in [0.4, 0.5) is 0 Å². The van der Waals surface area contributed by atoms with Gasteiger partial charge >= 0.3 is 5.97 Å². The van der Waals surface area contributed by atoms with E-state index in [4.69, 9.17) is 0 Å². The third kappa shape index (κ3) is 2.41. The second kappa shape index (κ2) is 5.17. The molecule has 1 heterocycles. The first-order chi connectivity index (χ1) is 8.51. The second-order valence-corrected chi connectivity index (χ2v) is 6.22. The van der Waals surface area contributed by atoms with E-state index in [0.717, 1.165) is 19.4 Å². The van der Waals surface area contributed by atoms with Crippen molar-refractivity contribution >= 4 is 5.97 Å². The lowest BCUT2D eigenvalue weighted by molar-refractivity contribution is -0.147. The highest BCUT2D eigenvalue weighted by Gasteiger charge is 2.52. The summed E-state index contributed by atoms with van der Waals surface area (Å²) >= 11 is 0. The van der Waals surface area contributed by atoms with Crippen molar-refractivity contribution in [1.29, 1.82) is 0 Å². The summed E-state index contributed by atoms with van der Waals surface area (Å²) in [6, 6.07) is 0.552. The first-order valence-corrected chi connectivity index (χ1v) is 7.17. The first-order valence-electron chi connectivity index (χ1n) is 7.17. The van der Waals surface area contributed by atoms with Crippen molar-refractivity contribution in [2.75, 3.05) is 20.1 Å². The minimum absolute atomic E-state index is 0.313. The van der Waals surface area contributed by atoms with Crippen LogP contribution in [0.2, 0.25) is 0 Å². The molecule has 0 radical (unpaired) electrons.